The highest BCUT2D eigenvalue weighted by Gasteiger charge is 2.16. The number of ketones is 1. The minimum absolute atomic E-state index is 0.0330. The summed E-state index contributed by atoms with van der Waals surface area (Å²) in [7, 11) is 1.55. The Balaban J connectivity index is 2.51. The molecule has 0 N–H and O–H groups in total. The Hall–Kier alpha value is -1.04. The number of Topliss-reactive ketones (excluding diaryl/α,β-unsaturated/α-hetero) is 1. The Morgan fingerprint density at radius 1 is 1.25 bits per heavy atom. The predicted molar refractivity (Wildman–Crippen MR) is 79.6 cm³/mol. The average Bonchev–Trinajstić information content (AvgIpc) is 2.47. The summed E-state index contributed by atoms with van der Waals surface area (Å²) in [5.74, 6) is -0.433. The molecule has 110 valence electrons. The molecule has 0 unspecified atom stereocenters. The normalized spacial score (nSPS) is 11.9. The molecule has 0 saturated carbocycles. The number of hydrogen-bond donors (Lipinski definition) is 0. The quantitative estimate of drug-likeness (QED) is 0.243. The van der Waals surface area contributed by atoms with Gasteiger partial charge in [0, 0.05) is 17.6 Å². The molecule has 0 bridgehead atoms. The third-order valence-corrected chi connectivity index (χ3v) is 3.81. The lowest BCUT2D eigenvalue weighted by Gasteiger charge is -2.11. The fraction of sp³-hybridized carbons (Fsp3) is 0.429. The zero-order valence-corrected chi connectivity index (χ0v) is 13.0. The van der Waals surface area contributed by atoms with Gasteiger partial charge in [-0.3, -0.25) is 9.59 Å². The van der Waals surface area contributed by atoms with Crippen LogP contribution in [0.4, 0.5) is 0 Å². The van der Waals surface area contributed by atoms with Crippen LogP contribution in [0.15, 0.2) is 29.2 Å². The van der Waals surface area contributed by atoms with E-state index in [1.807, 2.05) is 0 Å². The summed E-state index contributed by atoms with van der Waals surface area (Å²) in [5, 5.41) is -0.318. The molecule has 4 nitrogen and oxygen atoms in total. The van der Waals surface area contributed by atoms with Crippen molar-refractivity contribution >= 4 is 35.1 Å². The van der Waals surface area contributed by atoms with Crippen molar-refractivity contribution < 1.29 is 19.1 Å². The summed E-state index contributed by atoms with van der Waals surface area (Å²) in [5.41, 5.74) is 0.569. The fourth-order valence-corrected chi connectivity index (χ4v) is 2.41. The molecule has 0 heterocycles. The largest absolute Gasteiger partial charge is 0.462 e. The molecule has 1 atom stereocenters. The van der Waals surface area contributed by atoms with Crippen molar-refractivity contribution in [3.8, 4) is 0 Å². The van der Waals surface area contributed by atoms with Crippen LogP contribution in [-0.2, 0) is 14.3 Å². The lowest BCUT2D eigenvalue weighted by atomic mass is 10.1. The van der Waals surface area contributed by atoms with Gasteiger partial charge in [0.25, 0.3) is 0 Å². The zero-order valence-electron chi connectivity index (χ0n) is 11.4. The molecule has 0 fully saturated rings. The second kappa shape index (κ2) is 9.00. The molecule has 6 heteroatoms. The molecule has 0 amide bonds. The first-order chi connectivity index (χ1) is 9.58. The first-order valence-corrected chi connectivity index (χ1v) is 7.51. The number of methoxy groups -OCH3 is 1. The summed E-state index contributed by atoms with van der Waals surface area (Å²) >= 11 is 6.86. The van der Waals surface area contributed by atoms with Crippen LogP contribution < -0.4 is 0 Å². The molecule has 0 saturated heterocycles. The highest BCUT2D eigenvalue weighted by molar-refractivity contribution is 8.00. The number of alkyl halides is 1. The summed E-state index contributed by atoms with van der Waals surface area (Å²) in [6.45, 7) is 2.42. The third kappa shape index (κ3) is 5.53. The van der Waals surface area contributed by atoms with Gasteiger partial charge in [0.05, 0.1) is 12.5 Å². The minimum atomic E-state index is -0.318. The Morgan fingerprint density at radius 2 is 1.90 bits per heavy atom. The van der Waals surface area contributed by atoms with E-state index in [-0.39, 0.29) is 29.5 Å². The number of rotatable bonds is 8. The Labute approximate surface area is 127 Å². The van der Waals surface area contributed by atoms with Crippen molar-refractivity contribution in [3.63, 3.8) is 0 Å². The van der Waals surface area contributed by atoms with E-state index < -0.39 is 0 Å². The van der Waals surface area contributed by atoms with Crippen LogP contribution >= 0.6 is 23.4 Å². The molecule has 1 aromatic rings. The molecule has 20 heavy (non-hydrogen) atoms. The van der Waals surface area contributed by atoms with E-state index in [1.54, 1.807) is 38.3 Å². The van der Waals surface area contributed by atoms with E-state index >= 15 is 0 Å². The van der Waals surface area contributed by atoms with Crippen LogP contribution in [0.3, 0.4) is 0 Å². The molecule has 1 rings (SSSR count). The van der Waals surface area contributed by atoms with Gasteiger partial charge in [-0.15, -0.1) is 23.4 Å². The van der Waals surface area contributed by atoms with Crippen molar-refractivity contribution in [2.24, 2.45) is 0 Å². The van der Waals surface area contributed by atoms with Gasteiger partial charge in [0.15, 0.2) is 5.78 Å². The van der Waals surface area contributed by atoms with Crippen molar-refractivity contribution in [1.82, 2.24) is 0 Å². The highest BCUT2D eigenvalue weighted by Crippen LogP contribution is 2.24. The highest BCUT2D eigenvalue weighted by atomic mass is 35.5. The Kier molecular flexibility index (Phi) is 7.65. The third-order valence-electron chi connectivity index (χ3n) is 2.47. The van der Waals surface area contributed by atoms with Gasteiger partial charge in [-0.25, -0.2) is 0 Å². The van der Waals surface area contributed by atoms with Gasteiger partial charge in [0.2, 0.25) is 0 Å². The van der Waals surface area contributed by atoms with Crippen LogP contribution in [0.5, 0.6) is 0 Å². The molecule has 0 aromatic heterocycles. The van der Waals surface area contributed by atoms with Gasteiger partial charge in [-0.2, -0.15) is 0 Å². The van der Waals surface area contributed by atoms with E-state index in [2.05, 4.69) is 0 Å². The summed E-state index contributed by atoms with van der Waals surface area (Å²) < 4.78 is 9.85. The number of carbonyl (C=O) groups is 2. The van der Waals surface area contributed by atoms with Crippen molar-refractivity contribution in [2.45, 2.75) is 17.1 Å². The van der Waals surface area contributed by atoms with Gasteiger partial charge in [-0.1, -0.05) is 12.1 Å². The average molecular weight is 317 g/mol. The number of esters is 1. The van der Waals surface area contributed by atoms with Crippen LogP contribution in [0.25, 0.3) is 0 Å². The number of halogens is 1. The van der Waals surface area contributed by atoms with E-state index in [9.17, 15) is 9.59 Å². The topological polar surface area (TPSA) is 52.6 Å². The van der Waals surface area contributed by atoms with Crippen molar-refractivity contribution in [1.29, 1.82) is 0 Å². The maximum atomic E-state index is 11.7. The van der Waals surface area contributed by atoms with Gasteiger partial charge in [-0.05, 0) is 19.1 Å². The summed E-state index contributed by atoms with van der Waals surface area (Å²) in [6, 6.07) is 7.00. The van der Waals surface area contributed by atoms with E-state index in [4.69, 9.17) is 21.1 Å². The second-order valence-corrected chi connectivity index (χ2v) is 5.68. The lowest BCUT2D eigenvalue weighted by molar-refractivity contribution is -0.143. The molecule has 0 spiro atoms. The van der Waals surface area contributed by atoms with Gasteiger partial charge >= 0.3 is 5.97 Å². The maximum absolute atomic E-state index is 11.7. The number of carbonyl (C=O) groups excluding carboxylic acids is 2. The van der Waals surface area contributed by atoms with Crippen LogP contribution in [0, 0.1) is 0 Å². The van der Waals surface area contributed by atoms with Crippen LogP contribution in [-0.4, -0.2) is 43.2 Å². The first-order valence-electron chi connectivity index (χ1n) is 6.10. The number of benzene rings is 1. The Bertz CT molecular complexity index is 447. The zero-order chi connectivity index (χ0) is 15.0. The lowest BCUT2D eigenvalue weighted by Crippen LogP contribution is -2.19. The van der Waals surface area contributed by atoms with Crippen molar-refractivity contribution in [3.05, 3.63) is 29.8 Å². The SMILES string of the molecule is COCCOC(=O)[C@@H](C)Sc1ccc(C(=O)CCl)cc1. The minimum Gasteiger partial charge on any atom is -0.462 e. The van der Waals surface area contributed by atoms with Crippen LogP contribution in [0.1, 0.15) is 17.3 Å². The predicted octanol–water partition coefficient (Wildman–Crippen LogP) is 2.78. The number of ether oxygens (including phenoxy) is 2. The summed E-state index contributed by atoms with van der Waals surface area (Å²) in [6.07, 6.45) is 0. The number of thioether (sulfide) groups is 1. The molecule has 0 aliphatic carbocycles. The van der Waals surface area contributed by atoms with E-state index in [0.717, 1.165) is 4.90 Å². The standard InChI is InChI=1S/C14H17ClO4S/c1-10(14(17)19-8-7-18-2)20-12-5-3-11(4-6-12)13(16)9-15/h3-6,10H,7-9H2,1-2H3/t10-/m1/s1. The molecule has 0 aliphatic heterocycles. The van der Waals surface area contributed by atoms with Crippen LogP contribution in [0.2, 0.25) is 0 Å². The Morgan fingerprint density at radius 3 is 2.45 bits per heavy atom. The summed E-state index contributed by atoms with van der Waals surface area (Å²) in [4.78, 5) is 23.9. The monoisotopic (exact) mass is 316 g/mol. The smallest absolute Gasteiger partial charge is 0.319 e. The molecular weight excluding hydrogens is 300 g/mol. The molecule has 1 aromatic carbocycles. The molecule has 0 aliphatic rings. The first kappa shape index (κ1) is 17.0. The number of hydrogen-bond acceptors (Lipinski definition) is 5. The maximum Gasteiger partial charge on any atom is 0.319 e. The van der Waals surface area contributed by atoms with Crippen molar-refractivity contribution in [2.75, 3.05) is 26.2 Å². The van der Waals surface area contributed by atoms with E-state index in [1.165, 1.54) is 11.8 Å². The van der Waals surface area contributed by atoms with E-state index in [0.29, 0.717) is 12.2 Å². The van der Waals surface area contributed by atoms with Gasteiger partial charge < -0.3 is 9.47 Å². The second-order valence-electron chi connectivity index (χ2n) is 4.00. The van der Waals surface area contributed by atoms with Gasteiger partial charge in [0.1, 0.15) is 11.9 Å². The fourth-order valence-electron chi connectivity index (χ4n) is 1.39. The molecular formula is C14H17ClO4S. The molecule has 0 radical (unpaired) electrons.